The van der Waals surface area contributed by atoms with Crippen LogP contribution >= 0.6 is 0 Å². The fourth-order valence-electron chi connectivity index (χ4n) is 1.86. The zero-order valence-corrected chi connectivity index (χ0v) is 14.9. The fraction of sp³-hybridized carbons (Fsp3) is 1.00. The smallest absolute Gasteiger partial charge is 0.327 e. The van der Waals surface area contributed by atoms with Gasteiger partial charge in [0.25, 0.3) is 0 Å². The summed E-state index contributed by atoms with van der Waals surface area (Å²) in [6, 6.07) is 1.84. The third-order valence-corrected chi connectivity index (χ3v) is 9.64. The van der Waals surface area contributed by atoms with Crippen LogP contribution in [0.3, 0.4) is 0 Å². The summed E-state index contributed by atoms with van der Waals surface area (Å²) in [5.74, 6) is 0. The molecular formula is C12H30O5Si2. The normalized spacial score (nSPS) is 17.2. The van der Waals surface area contributed by atoms with Gasteiger partial charge in [-0.1, -0.05) is 6.92 Å². The minimum atomic E-state index is -2.09. The highest BCUT2D eigenvalue weighted by Crippen LogP contribution is 2.24. The van der Waals surface area contributed by atoms with Gasteiger partial charge in [0, 0.05) is 13.7 Å². The monoisotopic (exact) mass is 310 g/mol. The molecule has 2 atom stereocenters. The number of aliphatic hydroxyl groups is 2. The van der Waals surface area contributed by atoms with Gasteiger partial charge in [-0.25, -0.2) is 0 Å². The van der Waals surface area contributed by atoms with Crippen LogP contribution in [-0.2, 0) is 13.3 Å². The average molecular weight is 311 g/mol. The molecule has 2 N–H and O–H groups in total. The average Bonchev–Trinajstić information content (AvgIpc) is 2.35. The molecule has 0 aliphatic carbocycles. The van der Waals surface area contributed by atoms with E-state index in [4.69, 9.17) is 23.5 Å². The second-order valence-electron chi connectivity index (χ2n) is 5.70. The molecule has 0 spiro atoms. The molecule has 0 aliphatic heterocycles. The van der Waals surface area contributed by atoms with Gasteiger partial charge in [0.1, 0.15) is 6.10 Å². The van der Waals surface area contributed by atoms with Crippen molar-refractivity contribution < 1.29 is 23.5 Å². The molecule has 0 fully saturated rings. The first-order valence-electron chi connectivity index (χ1n) is 6.90. The van der Waals surface area contributed by atoms with Crippen molar-refractivity contribution in [2.45, 2.75) is 51.2 Å². The van der Waals surface area contributed by atoms with Gasteiger partial charge in [-0.15, -0.1) is 0 Å². The van der Waals surface area contributed by atoms with Crippen molar-refractivity contribution in [1.29, 1.82) is 0 Å². The lowest BCUT2D eigenvalue weighted by Crippen LogP contribution is -2.48. The second kappa shape index (κ2) is 9.22. The molecule has 0 heterocycles. The molecule has 7 heteroatoms. The summed E-state index contributed by atoms with van der Waals surface area (Å²) in [6.07, 6.45) is 0.0742. The zero-order chi connectivity index (χ0) is 14.9. The van der Waals surface area contributed by atoms with E-state index in [2.05, 4.69) is 26.6 Å². The van der Waals surface area contributed by atoms with Gasteiger partial charge in [-0.3, -0.25) is 0 Å². The highest BCUT2D eigenvalue weighted by molar-refractivity contribution is 6.82. The predicted molar refractivity (Wildman–Crippen MR) is 81.0 cm³/mol. The van der Waals surface area contributed by atoms with Crippen molar-refractivity contribution in [3.8, 4) is 0 Å². The van der Waals surface area contributed by atoms with Gasteiger partial charge in [-0.2, -0.15) is 0 Å². The Kier molecular flexibility index (Phi) is 9.33. The van der Waals surface area contributed by atoms with Crippen LogP contribution < -0.4 is 0 Å². The highest BCUT2D eigenvalue weighted by atomic mass is 28.4. The molecule has 0 radical (unpaired) electrons. The lowest BCUT2D eigenvalue weighted by molar-refractivity contribution is 0.00617. The van der Waals surface area contributed by atoms with Gasteiger partial charge in [0.2, 0.25) is 0 Å². The van der Waals surface area contributed by atoms with Gasteiger partial charge in [0.05, 0.1) is 13.2 Å². The van der Waals surface area contributed by atoms with E-state index in [1.165, 1.54) is 0 Å². The SMILES string of the molecule is CC[Si](CCCOCC(O)CO)(OC)O[Si](C)(C)C. The molecule has 0 saturated heterocycles. The van der Waals surface area contributed by atoms with E-state index in [0.717, 1.165) is 18.5 Å². The molecule has 0 aromatic carbocycles. The van der Waals surface area contributed by atoms with Gasteiger partial charge in [-0.05, 0) is 38.2 Å². The van der Waals surface area contributed by atoms with Crippen LogP contribution in [0.5, 0.6) is 0 Å². The van der Waals surface area contributed by atoms with E-state index in [0.29, 0.717) is 6.61 Å². The first kappa shape index (κ1) is 19.2. The molecular weight excluding hydrogens is 280 g/mol. The maximum absolute atomic E-state index is 9.15. The van der Waals surface area contributed by atoms with E-state index in [-0.39, 0.29) is 13.2 Å². The minimum Gasteiger partial charge on any atom is -0.436 e. The predicted octanol–water partition coefficient (Wildman–Crippen LogP) is 1.71. The summed E-state index contributed by atoms with van der Waals surface area (Å²) >= 11 is 0. The van der Waals surface area contributed by atoms with Crippen molar-refractivity contribution in [3.05, 3.63) is 0 Å². The molecule has 0 amide bonds. The fourth-order valence-corrected chi connectivity index (χ4v) is 9.17. The molecule has 116 valence electrons. The van der Waals surface area contributed by atoms with Crippen molar-refractivity contribution in [3.63, 3.8) is 0 Å². The van der Waals surface area contributed by atoms with Gasteiger partial charge < -0.3 is 23.5 Å². The Morgan fingerprint density at radius 1 is 1.21 bits per heavy atom. The van der Waals surface area contributed by atoms with Crippen molar-refractivity contribution in [1.82, 2.24) is 0 Å². The Hall–Kier alpha value is 0.234. The molecule has 0 aromatic heterocycles. The molecule has 0 bridgehead atoms. The van der Waals surface area contributed by atoms with Crippen LogP contribution in [0.15, 0.2) is 0 Å². The first-order valence-corrected chi connectivity index (χ1v) is 12.5. The van der Waals surface area contributed by atoms with Crippen LogP contribution in [0.25, 0.3) is 0 Å². The summed E-state index contributed by atoms with van der Waals surface area (Å²) in [5.41, 5.74) is 0. The zero-order valence-electron chi connectivity index (χ0n) is 12.9. The van der Waals surface area contributed by atoms with Crippen molar-refractivity contribution >= 4 is 16.9 Å². The molecule has 0 rings (SSSR count). The standard InChI is InChI=1S/C12H30O5Si2/c1-6-19(15-2,17-18(3,4)5)9-7-8-16-11-12(14)10-13/h12-14H,6-11H2,1-5H3. The Morgan fingerprint density at radius 3 is 2.26 bits per heavy atom. The van der Waals surface area contributed by atoms with E-state index >= 15 is 0 Å². The summed E-state index contributed by atoms with van der Waals surface area (Å²) in [5, 5.41) is 17.8. The molecule has 2 unspecified atom stereocenters. The van der Waals surface area contributed by atoms with Crippen molar-refractivity contribution in [2.75, 3.05) is 26.9 Å². The third-order valence-electron chi connectivity index (χ3n) is 2.77. The topological polar surface area (TPSA) is 68.2 Å². The number of hydrogen-bond acceptors (Lipinski definition) is 5. The lowest BCUT2D eigenvalue weighted by atomic mass is 10.4. The Balaban J connectivity index is 4.08. The highest BCUT2D eigenvalue weighted by Gasteiger charge is 2.38. The van der Waals surface area contributed by atoms with Gasteiger partial charge >= 0.3 is 8.56 Å². The van der Waals surface area contributed by atoms with Crippen LogP contribution in [0, 0.1) is 0 Å². The number of ether oxygens (including phenoxy) is 1. The number of rotatable bonds is 11. The summed E-state index contributed by atoms with van der Waals surface area (Å²) in [4.78, 5) is 0. The van der Waals surface area contributed by atoms with Crippen molar-refractivity contribution in [2.24, 2.45) is 0 Å². The number of hydrogen-bond donors (Lipinski definition) is 2. The molecule has 0 aromatic rings. The van der Waals surface area contributed by atoms with Gasteiger partial charge in [0.15, 0.2) is 8.32 Å². The van der Waals surface area contributed by atoms with Crippen LogP contribution in [0.4, 0.5) is 0 Å². The molecule has 0 aliphatic rings. The lowest BCUT2D eigenvalue weighted by Gasteiger charge is -2.34. The quantitative estimate of drug-likeness (QED) is 0.449. The largest absolute Gasteiger partial charge is 0.436 e. The van der Waals surface area contributed by atoms with E-state index < -0.39 is 23.0 Å². The maximum Gasteiger partial charge on any atom is 0.327 e. The number of aliphatic hydroxyl groups excluding tert-OH is 2. The molecule has 19 heavy (non-hydrogen) atoms. The van der Waals surface area contributed by atoms with E-state index in [1.54, 1.807) is 7.11 Å². The molecule has 0 saturated carbocycles. The summed E-state index contributed by atoms with van der Waals surface area (Å²) in [7, 11) is -1.96. The molecule has 5 nitrogen and oxygen atoms in total. The second-order valence-corrected chi connectivity index (χ2v) is 14.2. The Morgan fingerprint density at radius 2 is 1.84 bits per heavy atom. The van der Waals surface area contributed by atoms with Crippen LogP contribution in [0.2, 0.25) is 31.7 Å². The Labute approximate surface area is 119 Å². The first-order chi connectivity index (χ1) is 8.78. The van der Waals surface area contributed by atoms with E-state index in [9.17, 15) is 0 Å². The van der Waals surface area contributed by atoms with E-state index in [1.807, 2.05) is 0 Å². The third kappa shape index (κ3) is 8.90. The maximum atomic E-state index is 9.15. The summed E-state index contributed by atoms with van der Waals surface area (Å²) in [6.45, 7) is 9.13. The summed E-state index contributed by atoms with van der Waals surface area (Å²) < 4.78 is 17.3. The Bertz CT molecular complexity index is 229. The van der Waals surface area contributed by atoms with Crippen LogP contribution in [0.1, 0.15) is 13.3 Å². The van der Waals surface area contributed by atoms with Crippen LogP contribution in [-0.4, -0.2) is 60.1 Å². The minimum absolute atomic E-state index is 0.180.